The molecule has 2 unspecified atom stereocenters. The van der Waals surface area contributed by atoms with Gasteiger partial charge in [-0.3, -0.25) is 9.69 Å². The molecule has 25 heavy (non-hydrogen) atoms. The first-order chi connectivity index (χ1) is 11.7. The molecule has 1 heterocycles. The lowest BCUT2D eigenvalue weighted by atomic mass is 9.49. The van der Waals surface area contributed by atoms with Crippen molar-refractivity contribution in [3.63, 3.8) is 0 Å². The van der Waals surface area contributed by atoms with Crippen LogP contribution in [-0.4, -0.2) is 54.1 Å². The maximum Gasteiger partial charge on any atom is 0.405 e. The molecule has 3 nitrogen and oxygen atoms in total. The SMILES string of the molecule is CC1CN(C(=O)CC23CC4CC(CC(C4)C2)C3)CC(C(F)(F)F)N1C. The third kappa shape index (κ3) is 3.19. The van der Waals surface area contributed by atoms with Crippen molar-refractivity contribution in [2.75, 3.05) is 20.1 Å². The van der Waals surface area contributed by atoms with E-state index < -0.39 is 12.2 Å². The van der Waals surface area contributed by atoms with Crippen molar-refractivity contribution in [1.29, 1.82) is 0 Å². The number of nitrogens with zero attached hydrogens (tertiary/aromatic N) is 2. The molecule has 5 rings (SSSR count). The first-order valence-electron chi connectivity index (χ1n) is 9.72. The predicted molar refractivity (Wildman–Crippen MR) is 88.9 cm³/mol. The number of amides is 1. The van der Waals surface area contributed by atoms with Gasteiger partial charge in [-0.15, -0.1) is 0 Å². The Morgan fingerprint density at radius 2 is 1.56 bits per heavy atom. The zero-order chi connectivity index (χ0) is 18.0. The van der Waals surface area contributed by atoms with Crippen LogP contribution in [0, 0.1) is 23.2 Å². The second kappa shape index (κ2) is 5.86. The zero-order valence-corrected chi connectivity index (χ0v) is 15.2. The van der Waals surface area contributed by atoms with Gasteiger partial charge < -0.3 is 4.90 Å². The van der Waals surface area contributed by atoms with Crippen molar-refractivity contribution in [1.82, 2.24) is 9.80 Å². The van der Waals surface area contributed by atoms with Crippen LogP contribution in [0.15, 0.2) is 0 Å². The van der Waals surface area contributed by atoms with Crippen LogP contribution in [0.25, 0.3) is 0 Å². The van der Waals surface area contributed by atoms with Gasteiger partial charge in [0.15, 0.2) is 0 Å². The number of carbonyl (C=O) groups excluding carboxylic acids is 1. The quantitative estimate of drug-likeness (QED) is 0.752. The van der Waals surface area contributed by atoms with E-state index in [1.807, 2.05) is 0 Å². The second-order valence-electron chi connectivity index (χ2n) is 9.46. The summed E-state index contributed by atoms with van der Waals surface area (Å²) in [4.78, 5) is 15.8. The minimum absolute atomic E-state index is 0.0452. The number of piperazine rings is 1. The molecular formula is C19H29F3N2O. The summed E-state index contributed by atoms with van der Waals surface area (Å²) in [5.74, 6) is 2.23. The van der Waals surface area contributed by atoms with E-state index in [0.717, 1.165) is 37.0 Å². The van der Waals surface area contributed by atoms with Gasteiger partial charge in [0.1, 0.15) is 6.04 Å². The molecule has 0 radical (unpaired) electrons. The number of halogens is 3. The Morgan fingerprint density at radius 3 is 2.04 bits per heavy atom. The lowest BCUT2D eigenvalue weighted by molar-refractivity contribution is -0.201. The Morgan fingerprint density at radius 1 is 1.04 bits per heavy atom. The summed E-state index contributed by atoms with van der Waals surface area (Å²) in [7, 11) is 1.52. The van der Waals surface area contributed by atoms with Gasteiger partial charge >= 0.3 is 6.18 Å². The standard InChI is InChI=1S/C19H29F3N2O/c1-12-10-24(11-16(23(12)2)19(20,21)22)17(25)9-18-6-13-3-14(7-18)5-15(4-13)8-18/h12-16H,3-11H2,1-2H3. The number of carbonyl (C=O) groups is 1. The van der Waals surface area contributed by atoms with E-state index in [-0.39, 0.29) is 23.9 Å². The minimum atomic E-state index is -4.29. The van der Waals surface area contributed by atoms with Crippen molar-refractivity contribution >= 4 is 5.91 Å². The number of hydrogen-bond acceptors (Lipinski definition) is 2. The van der Waals surface area contributed by atoms with Crippen LogP contribution in [-0.2, 0) is 4.79 Å². The van der Waals surface area contributed by atoms with Gasteiger partial charge in [0.25, 0.3) is 0 Å². The van der Waals surface area contributed by atoms with Crippen LogP contribution < -0.4 is 0 Å². The highest BCUT2D eigenvalue weighted by atomic mass is 19.4. The summed E-state index contributed by atoms with van der Waals surface area (Å²) in [6, 6.07) is -1.81. The molecule has 0 spiro atoms. The van der Waals surface area contributed by atoms with E-state index in [1.54, 1.807) is 6.92 Å². The Kier molecular flexibility index (Phi) is 4.13. The van der Waals surface area contributed by atoms with Gasteiger partial charge in [-0.25, -0.2) is 0 Å². The Labute approximate surface area is 147 Å². The monoisotopic (exact) mass is 358 g/mol. The summed E-state index contributed by atoms with van der Waals surface area (Å²) >= 11 is 0. The fourth-order valence-corrected chi connectivity index (χ4v) is 6.64. The van der Waals surface area contributed by atoms with Gasteiger partial charge in [-0.2, -0.15) is 13.2 Å². The van der Waals surface area contributed by atoms with E-state index in [1.165, 1.54) is 36.1 Å². The third-order valence-corrected chi connectivity index (χ3v) is 7.49. The molecule has 6 heteroatoms. The molecule has 0 N–H and O–H groups in total. The van der Waals surface area contributed by atoms with Crippen molar-refractivity contribution in [2.24, 2.45) is 23.2 Å². The zero-order valence-electron chi connectivity index (χ0n) is 15.2. The van der Waals surface area contributed by atoms with Crippen LogP contribution in [0.1, 0.15) is 51.9 Å². The third-order valence-electron chi connectivity index (χ3n) is 7.49. The molecule has 1 aliphatic heterocycles. The van der Waals surface area contributed by atoms with Gasteiger partial charge in [0.2, 0.25) is 5.91 Å². The first-order valence-corrected chi connectivity index (χ1v) is 9.72. The number of rotatable bonds is 2. The van der Waals surface area contributed by atoms with Gasteiger partial charge in [0, 0.05) is 25.6 Å². The topological polar surface area (TPSA) is 23.6 Å². The molecule has 5 fully saturated rings. The van der Waals surface area contributed by atoms with Crippen LogP contribution in [0.4, 0.5) is 13.2 Å². The smallest absolute Gasteiger partial charge is 0.339 e. The Hall–Kier alpha value is -0.780. The summed E-state index contributed by atoms with van der Waals surface area (Å²) in [6.07, 6.45) is 3.49. The molecule has 1 saturated heterocycles. The molecule has 4 saturated carbocycles. The predicted octanol–water partition coefficient (Wildman–Crippen LogP) is 3.69. The molecular weight excluding hydrogens is 329 g/mol. The number of alkyl halides is 3. The van der Waals surface area contributed by atoms with Crippen LogP contribution in [0.3, 0.4) is 0 Å². The molecule has 142 valence electrons. The van der Waals surface area contributed by atoms with Gasteiger partial charge in [-0.05, 0) is 75.7 Å². The highest BCUT2D eigenvalue weighted by Gasteiger charge is 2.53. The molecule has 0 aromatic rings. The average molecular weight is 358 g/mol. The maximum absolute atomic E-state index is 13.3. The summed E-state index contributed by atoms with van der Waals surface area (Å²) < 4.78 is 40.0. The molecule has 2 atom stereocenters. The summed E-state index contributed by atoms with van der Waals surface area (Å²) in [6.45, 7) is 1.98. The van der Waals surface area contributed by atoms with Crippen LogP contribution in [0.5, 0.6) is 0 Å². The second-order valence-corrected chi connectivity index (χ2v) is 9.46. The average Bonchev–Trinajstić information content (AvgIpc) is 2.46. The maximum atomic E-state index is 13.3. The van der Waals surface area contributed by atoms with E-state index in [0.29, 0.717) is 13.0 Å². The number of hydrogen-bond donors (Lipinski definition) is 0. The Bertz CT molecular complexity index is 512. The fraction of sp³-hybridized carbons (Fsp3) is 0.947. The van der Waals surface area contributed by atoms with Crippen LogP contribution >= 0.6 is 0 Å². The van der Waals surface area contributed by atoms with Crippen molar-refractivity contribution in [2.45, 2.75) is 70.1 Å². The highest BCUT2D eigenvalue weighted by Crippen LogP contribution is 2.61. The van der Waals surface area contributed by atoms with E-state index in [9.17, 15) is 18.0 Å². The molecule has 1 amide bonds. The lowest BCUT2D eigenvalue weighted by Gasteiger charge is -2.57. The van der Waals surface area contributed by atoms with E-state index in [4.69, 9.17) is 0 Å². The normalized spacial score (nSPS) is 44.4. The van der Waals surface area contributed by atoms with Gasteiger partial charge in [-0.1, -0.05) is 0 Å². The van der Waals surface area contributed by atoms with E-state index >= 15 is 0 Å². The molecule has 4 bridgehead atoms. The minimum Gasteiger partial charge on any atom is -0.339 e. The molecule has 0 aromatic carbocycles. The largest absolute Gasteiger partial charge is 0.405 e. The summed E-state index contributed by atoms with van der Waals surface area (Å²) in [5.41, 5.74) is 0.0894. The molecule has 4 aliphatic carbocycles. The van der Waals surface area contributed by atoms with Crippen LogP contribution in [0.2, 0.25) is 0 Å². The number of likely N-dealkylation sites (N-methyl/N-ethyl adjacent to an activating group) is 1. The fourth-order valence-electron chi connectivity index (χ4n) is 6.64. The highest BCUT2D eigenvalue weighted by molar-refractivity contribution is 5.77. The van der Waals surface area contributed by atoms with Crippen molar-refractivity contribution in [3.8, 4) is 0 Å². The van der Waals surface area contributed by atoms with Crippen molar-refractivity contribution < 1.29 is 18.0 Å². The first kappa shape index (κ1) is 17.6. The van der Waals surface area contributed by atoms with E-state index in [2.05, 4.69) is 0 Å². The molecule has 5 aliphatic rings. The van der Waals surface area contributed by atoms with Crippen molar-refractivity contribution in [3.05, 3.63) is 0 Å². The lowest BCUT2D eigenvalue weighted by Crippen LogP contribution is -2.62. The Balaban J connectivity index is 1.46. The van der Waals surface area contributed by atoms with Gasteiger partial charge in [0.05, 0.1) is 0 Å². The molecule has 0 aromatic heterocycles. The summed E-state index contributed by atoms with van der Waals surface area (Å²) in [5, 5.41) is 0.